The van der Waals surface area contributed by atoms with Crippen LogP contribution in [0.1, 0.15) is 51.9 Å². The van der Waals surface area contributed by atoms with E-state index >= 15 is 0 Å². The molecule has 0 atom stereocenters. The van der Waals surface area contributed by atoms with Gasteiger partial charge in [0.15, 0.2) is 0 Å². The maximum absolute atomic E-state index is 12.4. The van der Waals surface area contributed by atoms with E-state index in [1.807, 2.05) is 6.92 Å². The second-order valence-electron chi connectivity index (χ2n) is 6.91. The molecule has 0 heterocycles. The number of hydrogen-bond acceptors (Lipinski definition) is 7. The van der Waals surface area contributed by atoms with Gasteiger partial charge in [-0.3, -0.25) is 19.2 Å². The van der Waals surface area contributed by atoms with E-state index in [-0.39, 0.29) is 71.1 Å². The van der Waals surface area contributed by atoms with Crippen molar-refractivity contribution in [3.8, 4) is 0 Å². The molecule has 0 aromatic carbocycles. The molecule has 0 aliphatic carbocycles. The maximum atomic E-state index is 12.4. The van der Waals surface area contributed by atoms with Crippen LogP contribution < -0.4 is 0 Å². The Labute approximate surface area is 170 Å². The summed E-state index contributed by atoms with van der Waals surface area (Å²) in [6, 6.07) is 0. The second kappa shape index (κ2) is 15.8. The van der Waals surface area contributed by atoms with E-state index < -0.39 is 23.3 Å². The highest BCUT2D eigenvalue weighted by Gasteiger charge is 2.34. The highest BCUT2D eigenvalue weighted by molar-refractivity contribution is 5.79. The van der Waals surface area contributed by atoms with Gasteiger partial charge in [-0.05, 0) is 6.42 Å². The van der Waals surface area contributed by atoms with Gasteiger partial charge in [0.25, 0.3) is 0 Å². The Bertz CT molecular complexity index is 462. The molecule has 0 rings (SSSR count). The van der Waals surface area contributed by atoms with E-state index in [2.05, 4.69) is 0 Å². The fraction of sp³-hybridized carbons (Fsp3) is 0.789. The Balaban J connectivity index is 5.09. The quantitative estimate of drug-likeness (QED) is 0.247. The lowest BCUT2D eigenvalue weighted by atomic mass is 9.84. The summed E-state index contributed by atoms with van der Waals surface area (Å²) >= 11 is 0. The summed E-state index contributed by atoms with van der Waals surface area (Å²) in [6.45, 7) is 1.67. The van der Waals surface area contributed by atoms with Gasteiger partial charge in [-0.2, -0.15) is 0 Å². The summed E-state index contributed by atoms with van der Waals surface area (Å²) in [5.74, 6) is -3.11. The summed E-state index contributed by atoms with van der Waals surface area (Å²) in [4.78, 5) is 44.4. The number of aliphatic carboxylic acids is 3. The fourth-order valence-electron chi connectivity index (χ4n) is 2.50. The van der Waals surface area contributed by atoms with E-state index in [1.54, 1.807) is 0 Å². The number of carbonyl (C=O) groups is 4. The third-order valence-corrected chi connectivity index (χ3v) is 3.99. The summed E-state index contributed by atoms with van der Waals surface area (Å²) < 4.78 is 16.3. The van der Waals surface area contributed by atoms with Gasteiger partial charge in [0.2, 0.25) is 0 Å². The fourth-order valence-corrected chi connectivity index (χ4v) is 2.50. The molecule has 0 aromatic rings. The molecule has 0 aromatic heterocycles. The first-order valence-electron chi connectivity index (χ1n) is 9.61. The molecule has 0 saturated heterocycles. The highest BCUT2D eigenvalue weighted by Crippen LogP contribution is 2.26. The van der Waals surface area contributed by atoms with Crippen molar-refractivity contribution in [3.63, 3.8) is 0 Å². The maximum Gasteiger partial charge on any atom is 0.305 e. The SMILES string of the molecule is CCCCC(=O)CC(COCCC(=O)O)(COCCC(=O)O)COCCC(=O)O. The number of unbranched alkanes of at least 4 members (excludes halogenated alkanes) is 1. The van der Waals surface area contributed by atoms with Gasteiger partial charge in [0.05, 0.1) is 58.9 Å². The van der Waals surface area contributed by atoms with Crippen molar-refractivity contribution < 1.29 is 48.7 Å². The van der Waals surface area contributed by atoms with Crippen molar-refractivity contribution in [2.75, 3.05) is 39.6 Å². The molecule has 3 N–H and O–H groups in total. The summed E-state index contributed by atoms with van der Waals surface area (Å²) in [7, 11) is 0. The molecule has 0 fully saturated rings. The van der Waals surface area contributed by atoms with Gasteiger partial charge in [0, 0.05) is 18.3 Å². The first-order valence-corrected chi connectivity index (χ1v) is 9.61. The largest absolute Gasteiger partial charge is 0.481 e. The van der Waals surface area contributed by atoms with Crippen LogP contribution >= 0.6 is 0 Å². The van der Waals surface area contributed by atoms with Crippen molar-refractivity contribution in [1.29, 1.82) is 0 Å². The van der Waals surface area contributed by atoms with E-state index in [0.717, 1.165) is 6.42 Å². The standard InChI is InChI=1S/C19H32O10/c1-2-3-4-15(20)11-19(12-27-8-5-16(21)22,13-28-9-6-17(23)24)14-29-10-7-18(25)26/h2-14H2,1H3,(H,21,22)(H,23,24)(H,25,26). The normalized spacial score (nSPS) is 11.3. The zero-order valence-electron chi connectivity index (χ0n) is 16.9. The average Bonchev–Trinajstić information content (AvgIpc) is 2.64. The number of hydrogen-bond donors (Lipinski definition) is 3. The van der Waals surface area contributed by atoms with E-state index in [9.17, 15) is 19.2 Å². The van der Waals surface area contributed by atoms with Crippen LogP contribution in [0.5, 0.6) is 0 Å². The van der Waals surface area contributed by atoms with Gasteiger partial charge in [-0.15, -0.1) is 0 Å². The molecular weight excluding hydrogens is 388 g/mol. The molecule has 10 nitrogen and oxygen atoms in total. The molecule has 0 amide bonds. The highest BCUT2D eigenvalue weighted by atomic mass is 16.5. The van der Waals surface area contributed by atoms with Crippen LogP contribution in [-0.4, -0.2) is 78.7 Å². The minimum absolute atomic E-state index is 0.0295. The monoisotopic (exact) mass is 420 g/mol. The molecular formula is C19H32O10. The Morgan fingerprint density at radius 1 is 0.690 bits per heavy atom. The molecule has 0 bridgehead atoms. The first-order chi connectivity index (χ1) is 13.7. The van der Waals surface area contributed by atoms with Crippen molar-refractivity contribution >= 4 is 23.7 Å². The van der Waals surface area contributed by atoms with Crippen molar-refractivity contribution in [1.82, 2.24) is 0 Å². The van der Waals surface area contributed by atoms with Gasteiger partial charge in [-0.1, -0.05) is 13.3 Å². The minimum atomic E-state index is -1.02. The predicted molar refractivity (Wildman–Crippen MR) is 101 cm³/mol. The van der Waals surface area contributed by atoms with Gasteiger partial charge < -0.3 is 29.5 Å². The molecule has 29 heavy (non-hydrogen) atoms. The topological polar surface area (TPSA) is 157 Å². The zero-order valence-corrected chi connectivity index (χ0v) is 16.9. The van der Waals surface area contributed by atoms with Crippen LogP contribution in [-0.2, 0) is 33.4 Å². The molecule has 0 aliphatic heterocycles. The zero-order chi connectivity index (χ0) is 22.1. The van der Waals surface area contributed by atoms with Crippen LogP contribution in [0.3, 0.4) is 0 Å². The van der Waals surface area contributed by atoms with E-state index in [1.165, 1.54) is 0 Å². The number of carboxylic acids is 3. The predicted octanol–water partition coefficient (Wildman–Crippen LogP) is 1.60. The Kier molecular flexibility index (Phi) is 14.7. The van der Waals surface area contributed by atoms with Crippen LogP contribution in [0.25, 0.3) is 0 Å². The van der Waals surface area contributed by atoms with Crippen LogP contribution in [0.4, 0.5) is 0 Å². The molecule has 0 saturated carbocycles. The van der Waals surface area contributed by atoms with Crippen molar-refractivity contribution in [2.24, 2.45) is 5.41 Å². The lowest BCUT2D eigenvalue weighted by molar-refractivity contribution is -0.142. The number of carbonyl (C=O) groups excluding carboxylic acids is 1. The second-order valence-corrected chi connectivity index (χ2v) is 6.91. The van der Waals surface area contributed by atoms with Gasteiger partial charge in [-0.25, -0.2) is 0 Å². The lowest BCUT2D eigenvalue weighted by Gasteiger charge is -2.32. The van der Waals surface area contributed by atoms with E-state index in [0.29, 0.717) is 12.8 Å². The smallest absolute Gasteiger partial charge is 0.305 e. The van der Waals surface area contributed by atoms with Crippen molar-refractivity contribution in [3.05, 3.63) is 0 Å². The number of carboxylic acid groups (broad SMARTS) is 3. The Morgan fingerprint density at radius 3 is 1.38 bits per heavy atom. The number of rotatable bonds is 20. The molecule has 0 unspecified atom stereocenters. The minimum Gasteiger partial charge on any atom is -0.481 e. The first kappa shape index (κ1) is 27.0. The number of Topliss-reactive ketones (excluding diaryl/α,β-unsaturated/α-hetero) is 1. The average molecular weight is 420 g/mol. The molecule has 0 radical (unpaired) electrons. The third-order valence-electron chi connectivity index (χ3n) is 3.99. The molecule has 168 valence electrons. The number of ketones is 1. The Morgan fingerprint density at radius 2 is 1.07 bits per heavy atom. The van der Waals surface area contributed by atoms with Crippen LogP contribution in [0, 0.1) is 5.41 Å². The third kappa shape index (κ3) is 15.5. The molecule has 0 aliphatic rings. The van der Waals surface area contributed by atoms with Crippen molar-refractivity contribution in [2.45, 2.75) is 51.9 Å². The van der Waals surface area contributed by atoms with Crippen LogP contribution in [0.2, 0.25) is 0 Å². The van der Waals surface area contributed by atoms with E-state index in [4.69, 9.17) is 29.5 Å². The van der Waals surface area contributed by atoms with Gasteiger partial charge >= 0.3 is 17.9 Å². The summed E-state index contributed by atoms with van der Waals surface area (Å²) in [5.41, 5.74) is -0.958. The summed E-state index contributed by atoms with van der Waals surface area (Å²) in [6.07, 6.45) is 1.34. The number of ether oxygens (including phenoxy) is 3. The van der Waals surface area contributed by atoms with Crippen LogP contribution in [0.15, 0.2) is 0 Å². The molecule has 0 spiro atoms. The lowest BCUT2D eigenvalue weighted by Crippen LogP contribution is -2.40. The summed E-state index contributed by atoms with van der Waals surface area (Å²) in [5, 5.41) is 26.2. The Hall–Kier alpha value is -2.04. The van der Waals surface area contributed by atoms with Gasteiger partial charge in [0.1, 0.15) is 5.78 Å². The molecule has 10 heteroatoms.